The number of hydrogen-bond acceptors (Lipinski definition) is 3. The first-order valence-corrected chi connectivity index (χ1v) is 9.23. The minimum atomic E-state index is -0.364. The predicted octanol–water partition coefficient (Wildman–Crippen LogP) is 2.50. The van der Waals surface area contributed by atoms with E-state index in [0.29, 0.717) is 18.9 Å². The van der Waals surface area contributed by atoms with Crippen LogP contribution in [0.25, 0.3) is 0 Å². The van der Waals surface area contributed by atoms with Gasteiger partial charge in [-0.2, -0.15) is 0 Å². The van der Waals surface area contributed by atoms with Crippen molar-refractivity contribution in [3.05, 3.63) is 29.6 Å². The highest BCUT2D eigenvalue weighted by atomic mass is 19.1. The fraction of sp³-hybridized carbons (Fsp3) is 0.632. The summed E-state index contributed by atoms with van der Waals surface area (Å²) in [5.41, 5.74) is 0.951. The number of ether oxygens (including phenoxy) is 1. The Balaban J connectivity index is 1.39. The van der Waals surface area contributed by atoms with Gasteiger partial charge in [0.25, 0.3) is 0 Å². The number of benzene rings is 1. The number of hydrogen-bond donors (Lipinski definition) is 1. The van der Waals surface area contributed by atoms with Gasteiger partial charge in [0.15, 0.2) is 11.6 Å². The molecule has 2 aliphatic heterocycles. The van der Waals surface area contributed by atoms with Gasteiger partial charge in [-0.25, -0.2) is 9.18 Å². The summed E-state index contributed by atoms with van der Waals surface area (Å²) in [5.74, 6) is 0.481. The van der Waals surface area contributed by atoms with Crippen LogP contribution in [-0.4, -0.2) is 62.2 Å². The number of rotatable bonds is 6. The molecule has 2 fully saturated rings. The van der Waals surface area contributed by atoms with Crippen LogP contribution in [0.1, 0.15) is 24.8 Å². The Hall–Kier alpha value is -1.82. The number of halogens is 1. The van der Waals surface area contributed by atoms with Gasteiger partial charge < -0.3 is 19.9 Å². The topological polar surface area (TPSA) is 44.8 Å². The molecule has 0 unspecified atom stereocenters. The van der Waals surface area contributed by atoms with Crippen molar-refractivity contribution >= 4 is 6.03 Å². The molecule has 1 aromatic rings. The summed E-state index contributed by atoms with van der Waals surface area (Å²) in [7, 11) is 1.45. The van der Waals surface area contributed by atoms with E-state index >= 15 is 0 Å². The maximum Gasteiger partial charge on any atom is 0.317 e. The van der Waals surface area contributed by atoms with Crippen LogP contribution in [0.2, 0.25) is 0 Å². The van der Waals surface area contributed by atoms with Gasteiger partial charge in [0, 0.05) is 26.2 Å². The van der Waals surface area contributed by atoms with Crippen molar-refractivity contribution in [3.63, 3.8) is 0 Å². The summed E-state index contributed by atoms with van der Waals surface area (Å²) in [4.78, 5) is 16.8. The molecule has 0 aromatic heterocycles. The number of likely N-dealkylation sites (tertiary alicyclic amines) is 2. The lowest BCUT2D eigenvalue weighted by Crippen LogP contribution is -2.40. The van der Waals surface area contributed by atoms with Crippen molar-refractivity contribution in [2.75, 3.05) is 46.4 Å². The SMILES string of the molecule is COc1cc(CCNC(=O)N2CC[C@@H](CN3CCCC3)C2)ccc1F. The first-order valence-electron chi connectivity index (χ1n) is 9.23. The summed E-state index contributed by atoms with van der Waals surface area (Å²) >= 11 is 0. The average Bonchev–Trinajstić information content (AvgIpc) is 3.28. The van der Waals surface area contributed by atoms with E-state index in [2.05, 4.69) is 10.2 Å². The largest absolute Gasteiger partial charge is 0.494 e. The fourth-order valence-corrected chi connectivity index (χ4v) is 3.78. The molecule has 2 amide bonds. The molecule has 0 spiro atoms. The van der Waals surface area contributed by atoms with E-state index in [0.717, 1.165) is 31.6 Å². The molecule has 138 valence electrons. The molecular weight excluding hydrogens is 321 g/mol. The summed E-state index contributed by atoms with van der Waals surface area (Å²) in [6.07, 6.45) is 4.38. The van der Waals surface area contributed by atoms with Gasteiger partial charge in [0.05, 0.1) is 7.11 Å². The molecule has 25 heavy (non-hydrogen) atoms. The summed E-state index contributed by atoms with van der Waals surface area (Å²) < 4.78 is 18.4. The Bertz CT molecular complexity index is 590. The van der Waals surface area contributed by atoms with E-state index in [9.17, 15) is 9.18 Å². The van der Waals surface area contributed by atoms with Crippen molar-refractivity contribution in [3.8, 4) is 5.75 Å². The lowest BCUT2D eigenvalue weighted by molar-refractivity contribution is 0.204. The van der Waals surface area contributed by atoms with Gasteiger partial charge in [-0.05, 0) is 62.4 Å². The molecule has 0 aliphatic carbocycles. The normalized spacial score (nSPS) is 20.9. The zero-order valence-corrected chi connectivity index (χ0v) is 15.0. The lowest BCUT2D eigenvalue weighted by Gasteiger charge is -2.21. The first-order chi connectivity index (χ1) is 12.2. The quantitative estimate of drug-likeness (QED) is 0.858. The molecule has 3 rings (SSSR count). The van der Waals surface area contributed by atoms with Gasteiger partial charge in [-0.3, -0.25) is 0 Å². The van der Waals surface area contributed by atoms with Crippen molar-refractivity contribution < 1.29 is 13.9 Å². The van der Waals surface area contributed by atoms with Crippen LogP contribution in [0.3, 0.4) is 0 Å². The zero-order valence-electron chi connectivity index (χ0n) is 15.0. The highest BCUT2D eigenvalue weighted by Gasteiger charge is 2.28. The monoisotopic (exact) mass is 349 g/mol. The third-order valence-electron chi connectivity index (χ3n) is 5.19. The van der Waals surface area contributed by atoms with Crippen LogP contribution >= 0.6 is 0 Å². The second-order valence-corrected chi connectivity index (χ2v) is 7.06. The number of nitrogens with one attached hydrogen (secondary N) is 1. The van der Waals surface area contributed by atoms with E-state index < -0.39 is 0 Å². The Kier molecular flexibility index (Phi) is 6.13. The maximum absolute atomic E-state index is 13.4. The number of urea groups is 1. The lowest BCUT2D eigenvalue weighted by atomic mass is 10.1. The Labute approximate surface area is 149 Å². The molecule has 0 bridgehead atoms. The molecule has 1 aromatic carbocycles. The molecule has 2 heterocycles. The van der Waals surface area contributed by atoms with E-state index in [-0.39, 0.29) is 17.6 Å². The number of carbonyl (C=O) groups excluding carboxylic acids is 1. The number of amides is 2. The average molecular weight is 349 g/mol. The van der Waals surface area contributed by atoms with Crippen molar-refractivity contribution in [2.24, 2.45) is 5.92 Å². The van der Waals surface area contributed by atoms with Crippen LogP contribution in [0, 0.1) is 11.7 Å². The highest BCUT2D eigenvalue weighted by Crippen LogP contribution is 2.20. The van der Waals surface area contributed by atoms with Gasteiger partial charge in [-0.15, -0.1) is 0 Å². The molecule has 1 N–H and O–H groups in total. The molecule has 2 aliphatic rings. The molecule has 6 heteroatoms. The minimum Gasteiger partial charge on any atom is -0.494 e. The van der Waals surface area contributed by atoms with E-state index in [1.54, 1.807) is 12.1 Å². The Morgan fingerprint density at radius 1 is 1.32 bits per heavy atom. The predicted molar refractivity (Wildman–Crippen MR) is 95.4 cm³/mol. The molecule has 5 nitrogen and oxygen atoms in total. The van der Waals surface area contributed by atoms with Crippen molar-refractivity contribution in [1.82, 2.24) is 15.1 Å². The van der Waals surface area contributed by atoms with Crippen molar-refractivity contribution in [2.45, 2.75) is 25.7 Å². The number of nitrogens with zero attached hydrogens (tertiary/aromatic N) is 2. The standard InChI is InChI=1S/C19H28FN3O2/c1-25-18-12-15(4-5-17(18)20)6-8-21-19(24)23-11-7-16(14-23)13-22-9-2-3-10-22/h4-5,12,16H,2-3,6-11,13-14H2,1H3,(H,21,24)/t16-/m0/s1. The maximum atomic E-state index is 13.4. The number of carbonyl (C=O) groups is 1. The fourth-order valence-electron chi connectivity index (χ4n) is 3.78. The summed E-state index contributed by atoms with van der Waals surface area (Å²) in [6, 6.07) is 4.83. The zero-order chi connectivity index (χ0) is 17.6. The Morgan fingerprint density at radius 3 is 2.88 bits per heavy atom. The highest BCUT2D eigenvalue weighted by molar-refractivity contribution is 5.74. The second kappa shape index (κ2) is 8.52. The minimum absolute atomic E-state index is 0.0120. The van der Waals surface area contributed by atoms with E-state index in [1.165, 1.54) is 39.1 Å². The molecule has 0 saturated carbocycles. The molecular formula is C19H28FN3O2. The van der Waals surface area contributed by atoms with Gasteiger partial charge in [0.1, 0.15) is 0 Å². The van der Waals surface area contributed by atoms with Crippen LogP contribution in [0.4, 0.5) is 9.18 Å². The third-order valence-corrected chi connectivity index (χ3v) is 5.19. The van der Waals surface area contributed by atoms with Crippen LogP contribution in [0.5, 0.6) is 5.75 Å². The second-order valence-electron chi connectivity index (χ2n) is 7.06. The van der Waals surface area contributed by atoms with Crippen LogP contribution < -0.4 is 10.1 Å². The van der Waals surface area contributed by atoms with Crippen molar-refractivity contribution in [1.29, 1.82) is 0 Å². The van der Waals surface area contributed by atoms with Gasteiger partial charge >= 0.3 is 6.03 Å². The van der Waals surface area contributed by atoms with Crippen LogP contribution in [0.15, 0.2) is 18.2 Å². The molecule has 2 saturated heterocycles. The number of methoxy groups -OCH3 is 1. The molecule has 0 radical (unpaired) electrons. The smallest absolute Gasteiger partial charge is 0.317 e. The van der Waals surface area contributed by atoms with Crippen LogP contribution in [-0.2, 0) is 6.42 Å². The molecule has 1 atom stereocenters. The van der Waals surface area contributed by atoms with E-state index in [4.69, 9.17) is 4.74 Å². The Morgan fingerprint density at radius 2 is 2.12 bits per heavy atom. The van der Waals surface area contributed by atoms with E-state index in [1.807, 2.05) is 4.90 Å². The van der Waals surface area contributed by atoms with Gasteiger partial charge in [0.2, 0.25) is 0 Å². The van der Waals surface area contributed by atoms with Gasteiger partial charge in [-0.1, -0.05) is 6.07 Å². The summed E-state index contributed by atoms with van der Waals surface area (Å²) in [6.45, 7) is 5.79. The first kappa shape index (κ1) is 18.0. The summed E-state index contributed by atoms with van der Waals surface area (Å²) in [5, 5.41) is 2.98. The third kappa shape index (κ3) is 4.84.